The fraction of sp³-hybridized carbons (Fsp3) is 0.387. The molecule has 0 spiro atoms. The van der Waals surface area contributed by atoms with Gasteiger partial charge in [-0.15, -0.1) is 11.3 Å². The van der Waals surface area contributed by atoms with Crippen LogP contribution < -0.4 is 548 Å². The number of aromatic amines is 1. The van der Waals surface area contributed by atoms with Crippen LogP contribution in [0.25, 0.3) is 10.2 Å². The Labute approximate surface area is 1040 Å². The second kappa shape index (κ2) is 109. The Morgan fingerprint density at radius 3 is 1.47 bits per heavy atom. The number of thiophene rings is 3. The van der Waals surface area contributed by atoms with E-state index in [1.54, 1.807) is 43.4 Å². The Kier molecular flexibility index (Phi) is 218. The van der Waals surface area contributed by atoms with E-state index in [0.717, 1.165) is 21.6 Å². The van der Waals surface area contributed by atoms with Crippen LogP contribution in [0.4, 0.5) is 11.4 Å². The summed E-state index contributed by atoms with van der Waals surface area (Å²) in [6, 6.07) is 7.12. The summed E-state index contributed by atoms with van der Waals surface area (Å²) < 4.78 is 25.6. The minimum atomic E-state index is -0.349. The van der Waals surface area contributed by atoms with Crippen LogP contribution in [-0.2, 0) is 28.5 Å². The number of rotatable bonds is 11. The number of carbonyl (C=O) groups is 2. The van der Waals surface area contributed by atoms with Crippen molar-refractivity contribution in [1.82, 2.24) is 4.98 Å². The summed E-state index contributed by atoms with van der Waals surface area (Å²) in [5, 5.41) is 14.9. The third-order valence-corrected chi connectivity index (χ3v) is 7.18. The average molecular weight is 1460 g/mol. The van der Waals surface area contributed by atoms with Gasteiger partial charge in [0.1, 0.15) is 6.42 Å². The predicted molar refractivity (Wildman–Crippen MR) is 249 cm³/mol. The van der Waals surface area contributed by atoms with Crippen molar-refractivity contribution in [2.75, 3.05) is 38.8 Å². The van der Waals surface area contributed by atoms with Gasteiger partial charge in [0.05, 0.1) is 48.9 Å². The van der Waals surface area contributed by atoms with E-state index in [2.05, 4.69) is 14.7 Å². The molecule has 4 heterocycles. The molecule has 0 aliphatic heterocycles. The van der Waals surface area contributed by atoms with Crippen LogP contribution in [0.2, 0.25) is 0 Å². The second-order valence-electron chi connectivity index (χ2n) is 8.43. The molecule has 12 nitrogen and oxygen atoms in total. The van der Waals surface area contributed by atoms with Gasteiger partial charge in [-0.3, -0.25) is 14.4 Å². The Bertz CT molecular complexity index is 1600. The van der Waals surface area contributed by atoms with Crippen LogP contribution in [0.15, 0.2) is 61.0 Å². The van der Waals surface area contributed by atoms with Crippen LogP contribution in [0.1, 0.15) is 61.7 Å². The standard InChI is InChI=1S/C11H15NO3S.C9H9NO2S.C7H13NO3.C4H5NS.B.ClH.18K.10H/c1-3-14-10(7-11(13)15-4-2)12-9-5-6-16-8-9;1-2-12-8-5-7(11)9-6(10-8)3-4-13-9;1-3-10-6(8)5-7(9)11-4-2;5-4-1-2-6-3-4;;;;;;;;;;;;;;;;;;;;;;;;;;;;;;/h5-6,8H,3-4,7H2,1-2H3;3-5H,2H2,1H3,(H,10,11);8H,3-5H2,1-2H3;1-3H,5H2;;1H;;;;;;;;;;;;;;;;;;;;;;;;;;;;/q;;;;;;;;;;;;;;10*+1;10*-1. The van der Waals surface area contributed by atoms with Gasteiger partial charge in [-0.25, -0.2) is 10.4 Å². The Morgan fingerprint density at radius 1 is 0.667 bits per heavy atom. The van der Waals surface area contributed by atoms with E-state index in [-0.39, 0.29) is 585 Å². The summed E-state index contributed by atoms with van der Waals surface area (Å²) in [7, 11) is 0. The number of carbonyl (C=O) groups excluding carboxylic acids is 2. The number of nitrogens with two attached hydrogens (primary N) is 2. The fourth-order valence-corrected chi connectivity index (χ4v) is 5.02. The molecule has 0 saturated carbocycles. The molecule has 4 aromatic heterocycles. The van der Waals surface area contributed by atoms with Crippen LogP contribution >= 0.6 is 34.0 Å². The van der Waals surface area contributed by atoms with Crippen LogP contribution in [0, 0.1) is 0 Å². The van der Waals surface area contributed by atoms with Crippen molar-refractivity contribution in [3.8, 4) is 5.88 Å². The number of nitrogen functional groups attached to an aromatic ring is 1. The zero-order valence-electron chi connectivity index (χ0n) is 55.7. The molecular formula is C31H53BClK18N4O8S3. The molecule has 0 aliphatic rings. The van der Waals surface area contributed by atoms with Gasteiger partial charge in [-0.1, -0.05) is 0 Å². The van der Waals surface area contributed by atoms with Crippen molar-refractivity contribution in [2.24, 2.45) is 4.99 Å². The number of aromatic nitrogens is 1. The molecule has 0 unspecified atom stereocenters. The predicted octanol–water partition coefficient (Wildman–Crippen LogP) is -30.0. The van der Waals surface area contributed by atoms with Gasteiger partial charge in [0.2, 0.25) is 5.43 Å². The number of esters is 2. The third-order valence-electron chi connectivity index (χ3n) is 4.88. The summed E-state index contributed by atoms with van der Waals surface area (Å²) in [4.78, 5) is 40.7. The molecule has 0 aliphatic carbocycles. The SMILES string of the molecule is CCOC(=O)CC(=Nc1ccsc1)OCC.CCOC(=[NH2+])CC(=O)OCC.CCOc1cc(=O)c2sccc2[nH]1.Nc1ccsc1.[B].[Cl-].[H-].[H-].[H-].[H-].[H-].[H-].[H-].[H-].[H-].[H-].[K+].[K+].[K+].[K+].[K+].[K+].[K+].[K+].[K+].[K+].[K][K].[K][K].[K][K].[K][K]. The van der Waals surface area contributed by atoms with Crippen molar-refractivity contribution < 1.29 is 579 Å². The van der Waals surface area contributed by atoms with E-state index in [9.17, 15) is 14.4 Å². The molecule has 0 aromatic carbocycles. The third kappa shape index (κ3) is 89.6. The number of H-pyrrole nitrogens is 1. The van der Waals surface area contributed by atoms with Gasteiger partial charge in [0, 0.05) is 30.9 Å². The Hall–Kier alpha value is 25.6. The number of aliphatic imine (C=N–C) groups is 1. The number of fused-ring (bicyclic) bond motifs is 1. The van der Waals surface area contributed by atoms with E-state index in [0.29, 0.717) is 44.8 Å². The number of hydrogen-bond acceptors (Lipinski definition) is 13. The van der Waals surface area contributed by atoms with Gasteiger partial charge >= 0.3 is 784 Å². The molecule has 3 radical (unpaired) electrons. The van der Waals surface area contributed by atoms with E-state index in [1.807, 2.05) is 58.9 Å². The van der Waals surface area contributed by atoms with Crippen molar-refractivity contribution in [1.29, 1.82) is 0 Å². The molecule has 0 fully saturated rings. The van der Waals surface area contributed by atoms with Crippen molar-refractivity contribution in [3.63, 3.8) is 0 Å². The fourth-order valence-electron chi connectivity index (χ4n) is 3.14. The van der Waals surface area contributed by atoms with Crippen molar-refractivity contribution in [3.05, 3.63) is 61.4 Å². The number of halogens is 1. The first-order valence-corrected chi connectivity index (χ1v) is 85.2. The van der Waals surface area contributed by atoms with Gasteiger partial charge < -0.3 is 61.1 Å². The summed E-state index contributed by atoms with van der Waals surface area (Å²) in [5.41, 5.74) is 7.82. The van der Waals surface area contributed by atoms with Gasteiger partial charge in [-0.2, -0.15) is 22.7 Å². The molecule has 66 heavy (non-hydrogen) atoms. The number of pyridine rings is 1. The van der Waals surface area contributed by atoms with Crippen LogP contribution in [0.5, 0.6) is 5.88 Å². The normalized spacial score (nSPS) is 7.56. The zero-order chi connectivity index (χ0) is 42.2. The first-order valence-electron chi connectivity index (χ1n) is 18.5. The van der Waals surface area contributed by atoms with E-state index < -0.39 is 0 Å². The average Bonchev–Trinajstić information content (AvgIpc) is 3.98. The number of nitrogens with zero attached hydrogens (tertiary/aromatic N) is 1. The number of ether oxygens (including phenoxy) is 5. The van der Waals surface area contributed by atoms with Crippen molar-refractivity contribution >= 4 is 340 Å². The maximum absolute atomic E-state index is 11.4. The minimum absolute atomic E-state index is 0. The summed E-state index contributed by atoms with van der Waals surface area (Å²) in [5.74, 6) is 0.493. The van der Waals surface area contributed by atoms with Gasteiger partial charge in [-0.05, 0) is 69.0 Å². The molecule has 0 atom stereocenters. The first kappa shape index (κ1) is 132. The molecule has 0 bridgehead atoms. The Morgan fingerprint density at radius 2 is 1.11 bits per heavy atom. The molecule has 291 valence electrons. The zero-order valence-corrected chi connectivity index (χ0v) is 105. The number of nitrogens with one attached hydrogen (secondary N) is 1. The molecule has 0 amide bonds. The van der Waals surface area contributed by atoms with Crippen molar-refractivity contribution in [2.45, 2.75) is 47.5 Å². The van der Waals surface area contributed by atoms with E-state index in [1.165, 1.54) is 270 Å². The molecule has 4 rings (SSSR count). The second-order valence-corrected chi connectivity index (χ2v) is 10.9. The summed E-state index contributed by atoms with van der Waals surface area (Å²) in [6.07, 6.45) is 0.124. The van der Waals surface area contributed by atoms with E-state index >= 15 is 0 Å². The van der Waals surface area contributed by atoms with Gasteiger partial charge in [0.15, 0.2) is 18.2 Å². The van der Waals surface area contributed by atoms with E-state index in [4.69, 9.17) is 30.1 Å². The Balaban J connectivity index is -0.0000000163. The monoisotopic (exact) mass is 1450 g/mol. The summed E-state index contributed by atoms with van der Waals surface area (Å²) >= 11 is 14.6. The van der Waals surface area contributed by atoms with Crippen LogP contribution in [0.3, 0.4) is 0 Å². The molecule has 35 heteroatoms. The van der Waals surface area contributed by atoms with Crippen LogP contribution in [-0.4, -0.2) is 323 Å². The molecule has 5 N–H and O–H groups in total. The quantitative estimate of drug-likeness (QED) is 0.0571. The topological polar surface area (TPSA) is 177 Å². The van der Waals surface area contributed by atoms with Gasteiger partial charge in [0.25, 0.3) is 0 Å². The molecular weight excluding hydrogens is 1400 g/mol. The molecule has 4 aromatic rings. The molecule has 0 saturated heterocycles. The maximum atomic E-state index is 11.4. The number of anilines is 1. The summed E-state index contributed by atoms with van der Waals surface area (Å²) in [6.45, 7) is 11.3. The first-order chi connectivity index (χ1) is 26.2. The number of hydrogen-bond donors (Lipinski definition) is 3.